The summed E-state index contributed by atoms with van der Waals surface area (Å²) in [7, 11) is 3.17. The number of azide groups is 1. The van der Waals surface area contributed by atoms with Crippen molar-refractivity contribution in [2.75, 3.05) is 13.7 Å². The summed E-state index contributed by atoms with van der Waals surface area (Å²) in [6.07, 6.45) is 1.57. The molecule has 3 unspecified atom stereocenters. The summed E-state index contributed by atoms with van der Waals surface area (Å²) in [6.45, 7) is 0.148. The molecule has 0 aliphatic carbocycles. The highest BCUT2D eigenvalue weighted by molar-refractivity contribution is 5.34. The minimum atomic E-state index is -0.477. The summed E-state index contributed by atoms with van der Waals surface area (Å²) < 4.78 is 12.5. The van der Waals surface area contributed by atoms with Crippen LogP contribution in [0.4, 0.5) is 5.69 Å². The lowest BCUT2D eigenvalue weighted by molar-refractivity contribution is -0.386. The van der Waals surface area contributed by atoms with Crippen molar-refractivity contribution in [1.29, 1.82) is 0 Å². The summed E-state index contributed by atoms with van der Waals surface area (Å²) in [5.74, 6) is 0. The number of aromatic nitrogens is 2. The molecule has 10 nitrogen and oxygen atoms in total. The van der Waals surface area contributed by atoms with Gasteiger partial charge in [-0.15, -0.1) is 0 Å². The van der Waals surface area contributed by atoms with E-state index < -0.39 is 17.1 Å². The second kappa shape index (κ2) is 6.53. The van der Waals surface area contributed by atoms with Gasteiger partial charge >= 0.3 is 5.69 Å². The molecular weight excluding hydrogens is 280 g/mol. The van der Waals surface area contributed by atoms with Crippen LogP contribution in [0.15, 0.2) is 11.3 Å². The van der Waals surface area contributed by atoms with E-state index in [1.807, 2.05) is 0 Å². The fraction of sp³-hybridized carbons (Fsp3) is 0.727. The van der Waals surface area contributed by atoms with Gasteiger partial charge in [0.15, 0.2) is 0 Å². The summed E-state index contributed by atoms with van der Waals surface area (Å²) in [5, 5.41) is 18.6. The van der Waals surface area contributed by atoms with Gasteiger partial charge in [-0.1, -0.05) is 5.11 Å². The molecule has 1 aromatic rings. The first kappa shape index (κ1) is 15.2. The first-order valence-corrected chi connectivity index (χ1v) is 6.43. The molecular formula is C11H16N6O4. The van der Waals surface area contributed by atoms with E-state index in [1.165, 1.54) is 18.0 Å². The van der Waals surface area contributed by atoms with Gasteiger partial charge in [0.2, 0.25) is 0 Å². The van der Waals surface area contributed by atoms with Crippen molar-refractivity contribution in [1.82, 2.24) is 9.78 Å². The number of hydrogen-bond donors (Lipinski definition) is 0. The van der Waals surface area contributed by atoms with Gasteiger partial charge < -0.3 is 9.47 Å². The number of methoxy groups -OCH3 is 1. The Balaban J connectivity index is 2.25. The second-order valence-electron chi connectivity index (χ2n) is 4.74. The molecule has 1 saturated heterocycles. The van der Waals surface area contributed by atoms with Crippen LogP contribution in [-0.4, -0.2) is 40.6 Å². The van der Waals surface area contributed by atoms with Gasteiger partial charge in [0.1, 0.15) is 18.0 Å². The van der Waals surface area contributed by atoms with Gasteiger partial charge in [0.25, 0.3) is 0 Å². The maximum Gasteiger partial charge on any atom is 0.312 e. The average Bonchev–Trinajstić information content (AvgIpc) is 2.73. The van der Waals surface area contributed by atoms with Crippen LogP contribution in [0.5, 0.6) is 0 Å². The van der Waals surface area contributed by atoms with Gasteiger partial charge in [-0.25, -0.2) is 0 Å². The smallest absolute Gasteiger partial charge is 0.312 e. The van der Waals surface area contributed by atoms with Crippen molar-refractivity contribution >= 4 is 5.69 Å². The third-order valence-electron chi connectivity index (χ3n) is 3.58. The molecule has 0 amide bonds. The van der Waals surface area contributed by atoms with Crippen molar-refractivity contribution in [2.45, 2.75) is 31.1 Å². The van der Waals surface area contributed by atoms with Crippen molar-refractivity contribution in [3.63, 3.8) is 0 Å². The molecule has 2 heterocycles. The van der Waals surface area contributed by atoms with E-state index in [9.17, 15) is 10.1 Å². The Morgan fingerprint density at radius 3 is 3.05 bits per heavy atom. The predicted octanol–water partition coefficient (Wildman–Crippen LogP) is 1.87. The first-order valence-electron chi connectivity index (χ1n) is 6.43. The molecule has 21 heavy (non-hydrogen) atoms. The molecule has 2 rings (SSSR count). The Kier molecular flexibility index (Phi) is 4.73. The topological polar surface area (TPSA) is 128 Å². The van der Waals surface area contributed by atoms with Crippen LogP contribution in [-0.2, 0) is 16.5 Å². The van der Waals surface area contributed by atoms with Crippen molar-refractivity contribution in [3.05, 3.63) is 32.4 Å². The SMILES string of the molecule is COC1CCC(c2c([N+](=O)[O-])cnn2C)OCC1N=[N+]=[N-]. The molecule has 0 aromatic carbocycles. The number of ether oxygens (including phenoxy) is 2. The Bertz CT molecular complexity index is 567. The molecule has 114 valence electrons. The highest BCUT2D eigenvalue weighted by Crippen LogP contribution is 2.34. The van der Waals surface area contributed by atoms with Crippen LogP contribution in [0, 0.1) is 10.1 Å². The highest BCUT2D eigenvalue weighted by atomic mass is 16.6. The molecule has 0 saturated carbocycles. The standard InChI is InChI=1S/C11H16N6O4/c1-16-11(8(5-13-16)17(18)19)10-4-3-9(20-2)7(6-21-10)14-15-12/h5,7,9-10H,3-4,6H2,1-2H3. The largest absolute Gasteiger partial charge is 0.381 e. The van der Waals surface area contributed by atoms with Crippen molar-refractivity contribution in [3.8, 4) is 0 Å². The van der Waals surface area contributed by atoms with Gasteiger partial charge in [0.05, 0.1) is 23.7 Å². The molecule has 0 radical (unpaired) electrons. The number of rotatable bonds is 4. The number of aryl methyl sites for hydroxylation is 1. The Labute approximate surface area is 120 Å². The molecule has 0 N–H and O–H groups in total. The monoisotopic (exact) mass is 296 g/mol. The van der Waals surface area contributed by atoms with E-state index in [1.54, 1.807) is 7.05 Å². The van der Waals surface area contributed by atoms with E-state index in [0.29, 0.717) is 18.5 Å². The molecule has 3 atom stereocenters. The summed E-state index contributed by atoms with van der Waals surface area (Å²) in [5.41, 5.74) is 8.92. The zero-order chi connectivity index (χ0) is 15.4. The van der Waals surface area contributed by atoms with Crippen LogP contribution >= 0.6 is 0 Å². The van der Waals surface area contributed by atoms with Crippen molar-refractivity contribution in [2.24, 2.45) is 12.2 Å². The van der Waals surface area contributed by atoms with Crippen LogP contribution in [0.25, 0.3) is 10.4 Å². The Hall–Kier alpha value is -2.16. The average molecular weight is 296 g/mol. The van der Waals surface area contributed by atoms with Gasteiger partial charge in [-0.05, 0) is 18.4 Å². The van der Waals surface area contributed by atoms with Gasteiger partial charge in [-0.2, -0.15) is 5.10 Å². The maximum atomic E-state index is 11.1. The molecule has 1 aromatic heterocycles. The minimum absolute atomic E-state index is 0.0706. The highest BCUT2D eigenvalue weighted by Gasteiger charge is 2.33. The number of hydrogen-bond acceptors (Lipinski definition) is 6. The molecule has 0 bridgehead atoms. The van der Waals surface area contributed by atoms with Crippen LogP contribution in [0.3, 0.4) is 0 Å². The van der Waals surface area contributed by atoms with E-state index in [2.05, 4.69) is 15.1 Å². The third-order valence-corrected chi connectivity index (χ3v) is 3.58. The zero-order valence-electron chi connectivity index (χ0n) is 11.7. The fourth-order valence-corrected chi connectivity index (χ4v) is 2.53. The molecule has 1 aliphatic heterocycles. The second-order valence-corrected chi connectivity index (χ2v) is 4.74. The summed E-state index contributed by atoms with van der Waals surface area (Å²) in [6, 6.07) is -0.447. The van der Waals surface area contributed by atoms with E-state index in [-0.39, 0.29) is 18.4 Å². The normalized spacial score (nSPS) is 25.9. The van der Waals surface area contributed by atoms with Crippen LogP contribution in [0.2, 0.25) is 0 Å². The minimum Gasteiger partial charge on any atom is -0.381 e. The van der Waals surface area contributed by atoms with Crippen LogP contribution in [0.1, 0.15) is 24.6 Å². The zero-order valence-corrected chi connectivity index (χ0v) is 11.7. The number of nitro groups is 1. The van der Waals surface area contributed by atoms with E-state index in [4.69, 9.17) is 15.0 Å². The van der Waals surface area contributed by atoms with E-state index in [0.717, 1.165) is 0 Å². The molecule has 1 aliphatic rings. The lowest BCUT2D eigenvalue weighted by Crippen LogP contribution is -2.28. The lowest BCUT2D eigenvalue weighted by Gasteiger charge is -2.17. The number of nitrogens with zero attached hydrogens (tertiary/aromatic N) is 6. The van der Waals surface area contributed by atoms with Gasteiger partial charge in [-0.3, -0.25) is 14.8 Å². The predicted molar refractivity (Wildman–Crippen MR) is 71.5 cm³/mol. The molecule has 1 fully saturated rings. The fourth-order valence-electron chi connectivity index (χ4n) is 2.53. The Morgan fingerprint density at radius 1 is 1.67 bits per heavy atom. The summed E-state index contributed by atoms with van der Waals surface area (Å²) in [4.78, 5) is 13.4. The lowest BCUT2D eigenvalue weighted by atomic mass is 10.0. The van der Waals surface area contributed by atoms with Crippen LogP contribution < -0.4 is 0 Å². The quantitative estimate of drug-likeness (QED) is 0.275. The Morgan fingerprint density at radius 2 is 2.43 bits per heavy atom. The third kappa shape index (κ3) is 3.13. The maximum absolute atomic E-state index is 11.1. The van der Waals surface area contributed by atoms with Crippen molar-refractivity contribution < 1.29 is 14.4 Å². The first-order chi connectivity index (χ1) is 10.1. The summed E-state index contributed by atoms with van der Waals surface area (Å²) >= 11 is 0. The molecule has 10 heteroatoms. The van der Waals surface area contributed by atoms with Gasteiger partial charge in [0, 0.05) is 19.1 Å². The molecule has 0 spiro atoms. The van der Waals surface area contributed by atoms with E-state index >= 15 is 0 Å².